The highest BCUT2D eigenvalue weighted by Gasteiger charge is 2.24. The Morgan fingerprint density at radius 2 is 1.75 bits per heavy atom. The number of hydrogen-bond donors (Lipinski definition) is 3. The van der Waals surface area contributed by atoms with Gasteiger partial charge >= 0.3 is 0 Å². The van der Waals surface area contributed by atoms with Gasteiger partial charge in [0.05, 0.1) is 5.69 Å². The largest absolute Gasteiger partial charge is 0.494 e. The molecule has 1 aromatic heterocycles. The fourth-order valence-electron chi connectivity index (χ4n) is 2.61. The second kappa shape index (κ2) is 7.05. The van der Waals surface area contributed by atoms with Gasteiger partial charge in [0.2, 0.25) is 0 Å². The molecule has 1 aromatic carbocycles. The Kier molecular flexibility index (Phi) is 4.85. The number of aromatic nitrogens is 1. The molecule has 0 spiro atoms. The summed E-state index contributed by atoms with van der Waals surface area (Å²) >= 11 is 1.52. The van der Waals surface area contributed by atoms with E-state index in [0.29, 0.717) is 18.8 Å². The normalized spacial score (nSPS) is 19.0. The number of benzene rings is 1. The minimum atomic E-state index is -0.286. The van der Waals surface area contributed by atoms with E-state index in [0.717, 1.165) is 28.3 Å². The van der Waals surface area contributed by atoms with Crippen LogP contribution in [-0.4, -0.2) is 29.1 Å². The van der Waals surface area contributed by atoms with Gasteiger partial charge in [0.25, 0.3) is 5.91 Å². The van der Waals surface area contributed by atoms with Crippen molar-refractivity contribution >= 4 is 22.8 Å². The first-order valence-electron chi connectivity index (χ1n) is 8.06. The summed E-state index contributed by atoms with van der Waals surface area (Å²) in [5, 5.41) is 17.0. The standard InChI is InChI=1S/C18H21N3O2S/c1-11-5-7-13(8-6-11)18-21-15(12(2)24-18)14-16(22)19-9-3-4-10-20-17(14)23/h5-8,19,22H,3-4,9-10H2,1-2H3,(H,20,23)/b16-14+. The van der Waals surface area contributed by atoms with Gasteiger partial charge in [-0.2, -0.15) is 0 Å². The molecule has 1 aliphatic rings. The molecule has 2 aromatic rings. The molecular weight excluding hydrogens is 322 g/mol. The van der Waals surface area contributed by atoms with E-state index in [1.807, 2.05) is 38.1 Å². The van der Waals surface area contributed by atoms with E-state index in [9.17, 15) is 9.90 Å². The van der Waals surface area contributed by atoms with Gasteiger partial charge in [-0.15, -0.1) is 11.3 Å². The maximum Gasteiger partial charge on any atom is 0.258 e. The number of aliphatic hydroxyl groups is 1. The molecule has 1 amide bonds. The molecule has 3 N–H and O–H groups in total. The molecular formula is C18H21N3O2S. The molecule has 0 unspecified atom stereocenters. The van der Waals surface area contributed by atoms with E-state index in [4.69, 9.17) is 0 Å². The molecule has 0 saturated carbocycles. The van der Waals surface area contributed by atoms with Crippen LogP contribution in [0.15, 0.2) is 30.1 Å². The van der Waals surface area contributed by atoms with E-state index < -0.39 is 0 Å². The number of aryl methyl sites for hydroxylation is 2. The molecule has 0 bridgehead atoms. The summed E-state index contributed by atoms with van der Waals surface area (Å²) in [5.74, 6) is -0.385. The highest BCUT2D eigenvalue weighted by Crippen LogP contribution is 2.32. The molecule has 3 rings (SSSR count). The number of thiazole rings is 1. The third-order valence-corrected chi connectivity index (χ3v) is 5.00. The Morgan fingerprint density at radius 1 is 1.08 bits per heavy atom. The predicted octanol–water partition coefficient (Wildman–Crippen LogP) is 3.15. The minimum absolute atomic E-state index is 0.0988. The van der Waals surface area contributed by atoms with Crippen LogP contribution >= 0.6 is 11.3 Å². The summed E-state index contributed by atoms with van der Waals surface area (Å²) in [7, 11) is 0. The molecule has 126 valence electrons. The van der Waals surface area contributed by atoms with Gasteiger partial charge in [0, 0.05) is 23.5 Å². The van der Waals surface area contributed by atoms with Crippen molar-refractivity contribution in [2.75, 3.05) is 13.1 Å². The second-order valence-electron chi connectivity index (χ2n) is 5.90. The van der Waals surface area contributed by atoms with Crippen LogP contribution in [0.5, 0.6) is 0 Å². The zero-order chi connectivity index (χ0) is 17.1. The quantitative estimate of drug-likeness (QED) is 0.783. The van der Waals surface area contributed by atoms with Gasteiger partial charge in [-0.05, 0) is 26.7 Å². The monoisotopic (exact) mass is 343 g/mol. The van der Waals surface area contributed by atoms with Crippen LogP contribution in [0, 0.1) is 13.8 Å². The zero-order valence-electron chi connectivity index (χ0n) is 13.8. The Labute approximate surface area is 145 Å². The summed E-state index contributed by atoms with van der Waals surface area (Å²) in [4.78, 5) is 18.0. The fourth-order valence-corrected chi connectivity index (χ4v) is 3.54. The van der Waals surface area contributed by atoms with Gasteiger partial charge < -0.3 is 15.7 Å². The van der Waals surface area contributed by atoms with Crippen molar-refractivity contribution in [1.29, 1.82) is 0 Å². The summed E-state index contributed by atoms with van der Waals surface area (Å²) in [6.07, 6.45) is 1.77. The number of hydrogen-bond acceptors (Lipinski definition) is 5. The van der Waals surface area contributed by atoms with Gasteiger partial charge in [-0.25, -0.2) is 4.98 Å². The number of rotatable bonds is 2. The van der Waals surface area contributed by atoms with Crippen LogP contribution in [0.3, 0.4) is 0 Å². The first-order chi connectivity index (χ1) is 11.6. The Balaban J connectivity index is 2.02. The maximum absolute atomic E-state index is 12.5. The topological polar surface area (TPSA) is 74.2 Å². The average Bonchev–Trinajstić information content (AvgIpc) is 2.95. The molecule has 6 heteroatoms. The second-order valence-corrected chi connectivity index (χ2v) is 7.11. The van der Waals surface area contributed by atoms with Crippen LogP contribution in [0.4, 0.5) is 0 Å². The molecule has 0 atom stereocenters. The third kappa shape index (κ3) is 3.43. The molecule has 5 nitrogen and oxygen atoms in total. The molecule has 2 heterocycles. The van der Waals surface area contributed by atoms with Crippen LogP contribution in [0.25, 0.3) is 16.1 Å². The molecule has 0 radical (unpaired) electrons. The van der Waals surface area contributed by atoms with E-state index in [1.54, 1.807) is 0 Å². The van der Waals surface area contributed by atoms with Crippen molar-refractivity contribution in [3.05, 3.63) is 46.3 Å². The van der Waals surface area contributed by atoms with Crippen molar-refractivity contribution < 1.29 is 9.90 Å². The Morgan fingerprint density at radius 3 is 2.46 bits per heavy atom. The van der Waals surface area contributed by atoms with Gasteiger partial charge in [-0.3, -0.25) is 4.79 Å². The van der Waals surface area contributed by atoms with Crippen molar-refractivity contribution in [1.82, 2.24) is 15.6 Å². The lowest BCUT2D eigenvalue weighted by molar-refractivity contribution is -0.115. The Hall–Kier alpha value is -2.34. The van der Waals surface area contributed by atoms with Crippen LogP contribution < -0.4 is 10.6 Å². The van der Waals surface area contributed by atoms with Crippen molar-refractivity contribution in [2.24, 2.45) is 0 Å². The number of amides is 1. The SMILES string of the molecule is Cc1ccc(-c2nc(/C3=C(\O)NCCCCNC3=O)c(C)s2)cc1. The number of carbonyl (C=O) groups excluding carboxylic acids is 1. The molecule has 0 aliphatic carbocycles. The van der Waals surface area contributed by atoms with E-state index in [-0.39, 0.29) is 17.4 Å². The first-order valence-corrected chi connectivity index (χ1v) is 8.88. The summed E-state index contributed by atoms with van der Waals surface area (Å²) in [5.41, 5.74) is 2.97. The average molecular weight is 343 g/mol. The molecule has 1 aliphatic heterocycles. The summed E-state index contributed by atoms with van der Waals surface area (Å²) in [6.45, 7) is 5.20. The Bertz CT molecular complexity index is 778. The van der Waals surface area contributed by atoms with E-state index >= 15 is 0 Å². The lowest BCUT2D eigenvalue weighted by Crippen LogP contribution is -2.27. The van der Waals surface area contributed by atoms with E-state index in [2.05, 4.69) is 15.6 Å². The number of nitrogens with zero attached hydrogens (tertiary/aromatic N) is 1. The smallest absolute Gasteiger partial charge is 0.258 e. The number of nitrogens with one attached hydrogen (secondary N) is 2. The maximum atomic E-state index is 12.5. The highest BCUT2D eigenvalue weighted by atomic mass is 32.1. The lowest BCUT2D eigenvalue weighted by Gasteiger charge is -2.09. The van der Waals surface area contributed by atoms with Crippen molar-refractivity contribution in [2.45, 2.75) is 26.7 Å². The minimum Gasteiger partial charge on any atom is -0.494 e. The zero-order valence-corrected chi connectivity index (χ0v) is 14.7. The van der Waals surface area contributed by atoms with Gasteiger partial charge in [0.1, 0.15) is 10.6 Å². The molecule has 24 heavy (non-hydrogen) atoms. The summed E-state index contributed by atoms with van der Waals surface area (Å²) < 4.78 is 0. The van der Waals surface area contributed by atoms with Gasteiger partial charge in [0.15, 0.2) is 5.88 Å². The third-order valence-electron chi connectivity index (χ3n) is 3.98. The van der Waals surface area contributed by atoms with Crippen LogP contribution in [0.1, 0.15) is 29.0 Å². The summed E-state index contributed by atoms with van der Waals surface area (Å²) in [6, 6.07) is 8.12. The first kappa shape index (κ1) is 16.5. The fraction of sp³-hybridized carbons (Fsp3) is 0.333. The number of aliphatic hydroxyl groups excluding tert-OH is 1. The highest BCUT2D eigenvalue weighted by molar-refractivity contribution is 7.15. The number of carbonyl (C=O) groups is 1. The van der Waals surface area contributed by atoms with Crippen molar-refractivity contribution in [3.63, 3.8) is 0 Å². The predicted molar refractivity (Wildman–Crippen MR) is 96.8 cm³/mol. The van der Waals surface area contributed by atoms with E-state index in [1.165, 1.54) is 16.9 Å². The lowest BCUT2D eigenvalue weighted by atomic mass is 10.1. The van der Waals surface area contributed by atoms with Gasteiger partial charge in [-0.1, -0.05) is 29.8 Å². The molecule has 0 saturated heterocycles. The van der Waals surface area contributed by atoms with Crippen LogP contribution in [0.2, 0.25) is 0 Å². The van der Waals surface area contributed by atoms with Crippen molar-refractivity contribution in [3.8, 4) is 10.6 Å². The van der Waals surface area contributed by atoms with Crippen LogP contribution in [-0.2, 0) is 4.79 Å². The molecule has 0 fully saturated rings.